The summed E-state index contributed by atoms with van der Waals surface area (Å²) < 4.78 is 9.60. The molecule has 0 N–H and O–H groups in total. The Bertz CT molecular complexity index is 1150. The molecular formula is C28H22O4. The predicted molar refractivity (Wildman–Crippen MR) is 125 cm³/mol. The number of esters is 2. The Balaban J connectivity index is 1.78. The Morgan fingerprint density at radius 1 is 0.469 bits per heavy atom. The third-order valence-corrected chi connectivity index (χ3v) is 5.38. The molecule has 0 atom stereocenters. The number of hydrogen-bond acceptors (Lipinski definition) is 4. The van der Waals surface area contributed by atoms with Crippen LogP contribution in [0.15, 0.2) is 97.1 Å². The number of ether oxygens (including phenoxy) is 2. The summed E-state index contributed by atoms with van der Waals surface area (Å²) in [4.78, 5) is 23.6. The van der Waals surface area contributed by atoms with Crippen molar-refractivity contribution >= 4 is 11.9 Å². The minimum absolute atomic E-state index is 0.356. The van der Waals surface area contributed by atoms with Gasteiger partial charge in [0.1, 0.15) is 0 Å². The summed E-state index contributed by atoms with van der Waals surface area (Å²) in [5.74, 6) is -0.712. The molecule has 0 spiro atoms. The molecule has 4 rings (SSSR count). The summed E-state index contributed by atoms with van der Waals surface area (Å²) in [6, 6.07) is 31.2. The van der Waals surface area contributed by atoms with Crippen molar-refractivity contribution < 1.29 is 19.1 Å². The van der Waals surface area contributed by atoms with Crippen molar-refractivity contribution in [3.8, 4) is 33.4 Å². The predicted octanol–water partition coefficient (Wildman–Crippen LogP) is 6.26. The van der Waals surface area contributed by atoms with Crippen LogP contribution in [0.3, 0.4) is 0 Å². The van der Waals surface area contributed by atoms with Gasteiger partial charge in [-0.05, 0) is 57.6 Å². The van der Waals surface area contributed by atoms with Crippen LogP contribution in [0, 0.1) is 0 Å². The third-order valence-electron chi connectivity index (χ3n) is 5.38. The number of carbonyl (C=O) groups is 2. The fraction of sp³-hybridized carbons (Fsp3) is 0.0714. The average Bonchev–Trinajstić information content (AvgIpc) is 2.88. The van der Waals surface area contributed by atoms with Crippen molar-refractivity contribution in [2.45, 2.75) is 0 Å². The highest BCUT2D eigenvalue weighted by Gasteiger charge is 2.13. The normalized spacial score (nSPS) is 10.4. The zero-order chi connectivity index (χ0) is 22.5. The largest absolute Gasteiger partial charge is 0.465 e. The summed E-state index contributed by atoms with van der Waals surface area (Å²) in [5.41, 5.74) is 7.30. The SMILES string of the molecule is COC(=O)c1ccc(-c2ccccc2-c2ccccc2-c2ccc(C(=O)OC)cc2)cc1. The number of benzene rings is 4. The molecule has 4 nitrogen and oxygen atoms in total. The first-order chi connectivity index (χ1) is 15.6. The molecule has 0 aliphatic heterocycles. The van der Waals surface area contributed by atoms with E-state index in [9.17, 15) is 9.59 Å². The maximum absolute atomic E-state index is 11.8. The molecular weight excluding hydrogens is 400 g/mol. The van der Waals surface area contributed by atoms with Gasteiger partial charge in [0.15, 0.2) is 0 Å². The lowest BCUT2D eigenvalue weighted by Crippen LogP contribution is -2.00. The Morgan fingerprint density at radius 3 is 1.09 bits per heavy atom. The van der Waals surface area contributed by atoms with Gasteiger partial charge in [-0.25, -0.2) is 9.59 Å². The standard InChI is InChI=1S/C28H22O4/c1-31-27(29)21-15-11-19(12-16-21)23-7-3-5-9-25(23)26-10-6-4-8-24(26)20-13-17-22(18-14-20)28(30)32-2/h3-18H,1-2H3. The Labute approximate surface area is 187 Å². The molecule has 4 aromatic rings. The fourth-order valence-corrected chi connectivity index (χ4v) is 3.75. The van der Waals surface area contributed by atoms with E-state index in [-0.39, 0.29) is 11.9 Å². The van der Waals surface area contributed by atoms with Gasteiger partial charge >= 0.3 is 11.9 Å². The van der Waals surface area contributed by atoms with Crippen molar-refractivity contribution in [3.63, 3.8) is 0 Å². The lowest BCUT2D eigenvalue weighted by Gasteiger charge is -2.15. The minimum atomic E-state index is -0.356. The van der Waals surface area contributed by atoms with Gasteiger partial charge in [0.05, 0.1) is 25.3 Å². The summed E-state index contributed by atoms with van der Waals surface area (Å²) in [7, 11) is 2.75. The van der Waals surface area contributed by atoms with Gasteiger partial charge in [-0.3, -0.25) is 0 Å². The van der Waals surface area contributed by atoms with Gasteiger partial charge in [0.2, 0.25) is 0 Å². The van der Waals surface area contributed by atoms with E-state index in [1.54, 1.807) is 24.3 Å². The molecule has 0 aromatic heterocycles. The first-order valence-corrected chi connectivity index (χ1v) is 10.2. The van der Waals surface area contributed by atoms with E-state index in [0.717, 1.165) is 33.4 Å². The van der Waals surface area contributed by atoms with E-state index in [2.05, 4.69) is 24.3 Å². The maximum Gasteiger partial charge on any atom is 0.337 e. The molecule has 0 bridgehead atoms. The monoisotopic (exact) mass is 422 g/mol. The molecule has 32 heavy (non-hydrogen) atoms. The van der Waals surface area contributed by atoms with Crippen LogP contribution in [0.4, 0.5) is 0 Å². The first kappa shape index (κ1) is 21.1. The van der Waals surface area contributed by atoms with Crippen molar-refractivity contribution in [1.29, 1.82) is 0 Å². The maximum atomic E-state index is 11.8. The van der Waals surface area contributed by atoms with E-state index in [0.29, 0.717) is 11.1 Å². The first-order valence-electron chi connectivity index (χ1n) is 10.2. The van der Waals surface area contributed by atoms with Crippen LogP contribution in [0.25, 0.3) is 33.4 Å². The molecule has 4 aromatic carbocycles. The second-order valence-corrected chi connectivity index (χ2v) is 7.23. The molecule has 0 heterocycles. The topological polar surface area (TPSA) is 52.6 Å². The molecule has 158 valence electrons. The number of methoxy groups -OCH3 is 2. The summed E-state index contributed by atoms with van der Waals surface area (Å²) in [5, 5.41) is 0. The molecule has 0 amide bonds. The van der Waals surface area contributed by atoms with E-state index < -0.39 is 0 Å². The number of carbonyl (C=O) groups excluding carboxylic acids is 2. The molecule has 0 aliphatic carbocycles. The highest BCUT2D eigenvalue weighted by molar-refractivity contribution is 5.94. The molecule has 0 unspecified atom stereocenters. The van der Waals surface area contributed by atoms with Crippen LogP contribution >= 0.6 is 0 Å². The zero-order valence-corrected chi connectivity index (χ0v) is 17.9. The molecule has 0 saturated carbocycles. The van der Waals surface area contributed by atoms with Crippen molar-refractivity contribution in [3.05, 3.63) is 108 Å². The summed E-state index contributed by atoms with van der Waals surface area (Å²) in [6.45, 7) is 0. The van der Waals surface area contributed by atoms with Crippen LogP contribution in [0.2, 0.25) is 0 Å². The second kappa shape index (κ2) is 9.31. The zero-order valence-electron chi connectivity index (χ0n) is 17.9. The molecule has 0 aliphatic rings. The van der Waals surface area contributed by atoms with Crippen LogP contribution in [-0.4, -0.2) is 26.2 Å². The lowest BCUT2D eigenvalue weighted by molar-refractivity contribution is 0.0592. The van der Waals surface area contributed by atoms with Gasteiger partial charge in [-0.1, -0.05) is 72.8 Å². The quantitative estimate of drug-likeness (QED) is 0.356. The Morgan fingerprint density at radius 2 is 0.781 bits per heavy atom. The molecule has 4 heteroatoms. The van der Waals surface area contributed by atoms with Gasteiger partial charge in [-0.2, -0.15) is 0 Å². The van der Waals surface area contributed by atoms with Crippen molar-refractivity contribution in [2.75, 3.05) is 14.2 Å². The van der Waals surface area contributed by atoms with Crippen LogP contribution in [0.5, 0.6) is 0 Å². The van der Waals surface area contributed by atoms with Gasteiger partial charge < -0.3 is 9.47 Å². The van der Waals surface area contributed by atoms with E-state index in [1.807, 2.05) is 48.5 Å². The van der Waals surface area contributed by atoms with Gasteiger partial charge in [-0.15, -0.1) is 0 Å². The minimum Gasteiger partial charge on any atom is -0.465 e. The lowest BCUT2D eigenvalue weighted by atomic mass is 9.89. The van der Waals surface area contributed by atoms with Gasteiger partial charge in [0, 0.05) is 0 Å². The molecule has 0 saturated heterocycles. The number of hydrogen-bond donors (Lipinski definition) is 0. The van der Waals surface area contributed by atoms with Crippen LogP contribution < -0.4 is 0 Å². The van der Waals surface area contributed by atoms with Crippen LogP contribution in [0.1, 0.15) is 20.7 Å². The summed E-state index contributed by atoms with van der Waals surface area (Å²) >= 11 is 0. The highest BCUT2D eigenvalue weighted by Crippen LogP contribution is 2.38. The number of rotatable bonds is 5. The Hall–Kier alpha value is -4.18. The smallest absolute Gasteiger partial charge is 0.337 e. The second-order valence-electron chi connectivity index (χ2n) is 7.23. The molecule has 0 fully saturated rings. The van der Waals surface area contributed by atoms with E-state index in [4.69, 9.17) is 9.47 Å². The summed E-state index contributed by atoms with van der Waals surface area (Å²) in [6.07, 6.45) is 0. The van der Waals surface area contributed by atoms with Crippen LogP contribution in [-0.2, 0) is 9.47 Å². The third kappa shape index (κ3) is 4.16. The van der Waals surface area contributed by atoms with Gasteiger partial charge in [0.25, 0.3) is 0 Å². The fourth-order valence-electron chi connectivity index (χ4n) is 3.75. The van der Waals surface area contributed by atoms with Crippen molar-refractivity contribution in [1.82, 2.24) is 0 Å². The average molecular weight is 422 g/mol. The molecule has 0 radical (unpaired) electrons. The Kier molecular flexibility index (Phi) is 6.13. The highest BCUT2D eigenvalue weighted by atomic mass is 16.5. The van der Waals surface area contributed by atoms with E-state index in [1.165, 1.54) is 14.2 Å². The van der Waals surface area contributed by atoms with Crippen molar-refractivity contribution in [2.24, 2.45) is 0 Å². The van der Waals surface area contributed by atoms with E-state index >= 15 is 0 Å².